The topological polar surface area (TPSA) is 12.0 Å². The Morgan fingerprint density at radius 1 is 1.20 bits per heavy atom. The van der Waals surface area contributed by atoms with Gasteiger partial charge in [-0.15, -0.1) is 0 Å². The van der Waals surface area contributed by atoms with Gasteiger partial charge in [-0.3, -0.25) is 0 Å². The van der Waals surface area contributed by atoms with Gasteiger partial charge in [0.1, 0.15) is 0 Å². The number of nitrogens with one attached hydrogen (secondary N) is 1. The fraction of sp³-hybridized carbons (Fsp3) is 1.00. The van der Waals surface area contributed by atoms with Crippen LogP contribution in [0.2, 0.25) is 0 Å². The fourth-order valence-corrected chi connectivity index (χ4v) is 1.87. The molecule has 1 aliphatic carbocycles. The van der Waals surface area contributed by atoms with Gasteiger partial charge in [0.15, 0.2) is 0 Å². The van der Waals surface area contributed by atoms with Crippen molar-refractivity contribution in [3.8, 4) is 0 Å². The van der Waals surface area contributed by atoms with Crippen LogP contribution < -0.4 is 5.32 Å². The average Bonchev–Trinajstić information content (AvgIpc) is 2.13. The molecule has 1 saturated carbocycles. The minimum Gasteiger partial charge on any atom is -0.317 e. The third-order valence-corrected chi connectivity index (χ3v) is 2.59. The summed E-state index contributed by atoms with van der Waals surface area (Å²) in [5.41, 5.74) is 0. The normalized spacial score (nSPS) is 35.4. The second-order valence-electron chi connectivity index (χ2n) is 3.61. The first-order valence-electron chi connectivity index (χ1n) is 4.50. The quantitative estimate of drug-likeness (QED) is 0.552. The first kappa shape index (κ1) is 8.06. The summed E-state index contributed by atoms with van der Waals surface area (Å²) in [6, 6.07) is 0.803. The van der Waals surface area contributed by atoms with E-state index in [9.17, 15) is 0 Å². The van der Waals surface area contributed by atoms with Gasteiger partial charge in [0, 0.05) is 6.04 Å². The summed E-state index contributed by atoms with van der Waals surface area (Å²) in [7, 11) is 2.09. The van der Waals surface area contributed by atoms with E-state index in [-0.39, 0.29) is 0 Å². The highest BCUT2D eigenvalue weighted by molar-refractivity contribution is 4.72. The van der Waals surface area contributed by atoms with E-state index < -0.39 is 0 Å². The Bertz CT molecular complexity index is 90.7. The number of rotatable bonds is 1. The molecule has 0 aromatic carbocycles. The van der Waals surface area contributed by atoms with Crippen molar-refractivity contribution in [2.75, 3.05) is 7.05 Å². The second-order valence-corrected chi connectivity index (χ2v) is 3.61. The highest BCUT2D eigenvalue weighted by atomic mass is 14.9. The molecule has 1 nitrogen and oxygen atoms in total. The van der Waals surface area contributed by atoms with Crippen molar-refractivity contribution in [1.29, 1.82) is 0 Å². The lowest BCUT2D eigenvalue weighted by atomic mass is 10.0. The molecule has 0 aliphatic heterocycles. The summed E-state index contributed by atoms with van der Waals surface area (Å²) < 4.78 is 0. The molecular weight excluding hydrogens is 122 g/mol. The first-order chi connectivity index (χ1) is 4.83. The summed E-state index contributed by atoms with van der Waals surface area (Å²) in [5.74, 6) is 0.944. The Balaban J connectivity index is 2.30. The van der Waals surface area contributed by atoms with E-state index in [4.69, 9.17) is 0 Å². The molecule has 1 fully saturated rings. The molecule has 0 aromatic heterocycles. The van der Waals surface area contributed by atoms with Crippen molar-refractivity contribution < 1.29 is 0 Å². The number of hydrogen-bond donors (Lipinski definition) is 1. The fourth-order valence-electron chi connectivity index (χ4n) is 1.87. The van der Waals surface area contributed by atoms with Crippen LogP contribution in [0.1, 0.15) is 39.0 Å². The molecule has 0 amide bonds. The lowest BCUT2D eigenvalue weighted by Gasteiger charge is -2.15. The average molecular weight is 141 g/mol. The number of hydrogen-bond acceptors (Lipinski definition) is 1. The smallest absolute Gasteiger partial charge is 0.00666 e. The maximum absolute atomic E-state index is 3.37. The molecule has 1 aliphatic rings. The van der Waals surface area contributed by atoms with Crippen molar-refractivity contribution in [3.05, 3.63) is 0 Å². The molecule has 1 N–H and O–H groups in total. The predicted octanol–water partition coefficient (Wildman–Crippen LogP) is 2.17. The monoisotopic (exact) mass is 141 g/mol. The highest BCUT2D eigenvalue weighted by Gasteiger charge is 2.14. The van der Waals surface area contributed by atoms with Crippen LogP contribution in [0.3, 0.4) is 0 Å². The zero-order valence-corrected chi connectivity index (χ0v) is 7.19. The van der Waals surface area contributed by atoms with Gasteiger partial charge in [-0.25, -0.2) is 0 Å². The Morgan fingerprint density at radius 3 is 2.60 bits per heavy atom. The van der Waals surface area contributed by atoms with Crippen LogP contribution in [0.4, 0.5) is 0 Å². The maximum atomic E-state index is 3.37. The molecule has 60 valence electrons. The van der Waals surface area contributed by atoms with Crippen molar-refractivity contribution in [2.45, 2.75) is 45.1 Å². The van der Waals surface area contributed by atoms with Crippen LogP contribution in [0.15, 0.2) is 0 Å². The Morgan fingerprint density at radius 2 is 1.90 bits per heavy atom. The predicted molar refractivity (Wildman–Crippen MR) is 45.1 cm³/mol. The molecular formula is C9H19N. The molecule has 0 heterocycles. The van der Waals surface area contributed by atoms with E-state index in [1.54, 1.807) is 0 Å². The van der Waals surface area contributed by atoms with Crippen LogP contribution in [0.25, 0.3) is 0 Å². The van der Waals surface area contributed by atoms with Crippen molar-refractivity contribution in [3.63, 3.8) is 0 Å². The second kappa shape index (κ2) is 3.97. The molecule has 0 spiro atoms. The van der Waals surface area contributed by atoms with E-state index in [0.717, 1.165) is 12.0 Å². The SMILES string of the molecule is CN[C@H]1CCCCC(C)C1. The van der Waals surface area contributed by atoms with Crippen LogP contribution in [0.5, 0.6) is 0 Å². The summed E-state index contributed by atoms with van der Waals surface area (Å²) >= 11 is 0. The summed E-state index contributed by atoms with van der Waals surface area (Å²) in [5, 5.41) is 3.37. The summed E-state index contributed by atoms with van der Waals surface area (Å²) in [6.45, 7) is 2.37. The van der Waals surface area contributed by atoms with Gasteiger partial charge in [0.25, 0.3) is 0 Å². The van der Waals surface area contributed by atoms with Crippen molar-refractivity contribution >= 4 is 0 Å². The highest BCUT2D eigenvalue weighted by Crippen LogP contribution is 2.22. The summed E-state index contributed by atoms with van der Waals surface area (Å²) in [6.07, 6.45) is 7.09. The van der Waals surface area contributed by atoms with E-state index in [1.807, 2.05) is 0 Å². The van der Waals surface area contributed by atoms with Crippen LogP contribution in [-0.2, 0) is 0 Å². The van der Waals surface area contributed by atoms with Crippen molar-refractivity contribution in [2.24, 2.45) is 5.92 Å². The zero-order chi connectivity index (χ0) is 7.40. The van der Waals surface area contributed by atoms with Crippen molar-refractivity contribution in [1.82, 2.24) is 5.32 Å². The van der Waals surface area contributed by atoms with Crippen LogP contribution in [0, 0.1) is 5.92 Å². The van der Waals surface area contributed by atoms with Gasteiger partial charge in [-0.05, 0) is 25.8 Å². The zero-order valence-electron chi connectivity index (χ0n) is 7.19. The Labute approximate surface area is 64.2 Å². The van der Waals surface area contributed by atoms with E-state index in [1.165, 1.54) is 32.1 Å². The molecule has 1 unspecified atom stereocenters. The molecule has 10 heavy (non-hydrogen) atoms. The minimum atomic E-state index is 0.803. The van der Waals surface area contributed by atoms with E-state index >= 15 is 0 Å². The molecule has 2 atom stereocenters. The van der Waals surface area contributed by atoms with Gasteiger partial charge in [-0.2, -0.15) is 0 Å². The molecule has 0 bridgehead atoms. The molecule has 0 aromatic rings. The first-order valence-corrected chi connectivity index (χ1v) is 4.50. The van der Waals surface area contributed by atoms with Gasteiger partial charge >= 0.3 is 0 Å². The standard InChI is InChI=1S/C9H19N/c1-8-5-3-4-6-9(7-8)10-2/h8-10H,3-7H2,1-2H3/t8?,9-/m0/s1. The van der Waals surface area contributed by atoms with E-state index in [2.05, 4.69) is 19.3 Å². The van der Waals surface area contributed by atoms with Crippen LogP contribution in [-0.4, -0.2) is 13.1 Å². The molecule has 1 rings (SSSR count). The lowest BCUT2D eigenvalue weighted by molar-refractivity contribution is 0.428. The lowest BCUT2D eigenvalue weighted by Crippen LogP contribution is -2.25. The maximum Gasteiger partial charge on any atom is 0.00666 e. The minimum absolute atomic E-state index is 0.803. The molecule has 0 radical (unpaired) electrons. The molecule has 0 saturated heterocycles. The Kier molecular flexibility index (Phi) is 3.20. The molecule has 1 heteroatoms. The third-order valence-electron chi connectivity index (χ3n) is 2.59. The third kappa shape index (κ3) is 2.30. The van der Waals surface area contributed by atoms with E-state index in [0.29, 0.717) is 0 Å². The Hall–Kier alpha value is -0.0400. The largest absolute Gasteiger partial charge is 0.317 e. The summed E-state index contributed by atoms with van der Waals surface area (Å²) in [4.78, 5) is 0. The van der Waals surface area contributed by atoms with Gasteiger partial charge in [-0.1, -0.05) is 26.2 Å². The van der Waals surface area contributed by atoms with Gasteiger partial charge in [0.05, 0.1) is 0 Å². The van der Waals surface area contributed by atoms with Gasteiger partial charge < -0.3 is 5.32 Å². The van der Waals surface area contributed by atoms with Gasteiger partial charge in [0.2, 0.25) is 0 Å². The van der Waals surface area contributed by atoms with Crippen LogP contribution >= 0.6 is 0 Å².